The van der Waals surface area contributed by atoms with Crippen molar-refractivity contribution >= 4 is 33.5 Å². The minimum Gasteiger partial charge on any atom is -0.369 e. The van der Waals surface area contributed by atoms with Crippen molar-refractivity contribution in [3.63, 3.8) is 0 Å². The van der Waals surface area contributed by atoms with Crippen LogP contribution < -0.4 is 11.5 Å². The standard InChI is InChI=1S/C14H20BrN5/c1-10-3-2-8-20(9-10)14(17)19-13(16)18-12-6-4-11(15)5-7-12/h4-7,10H,2-3,8-9H2,1H3,(H4,16,17,18,19). The Morgan fingerprint density at radius 2 is 2.00 bits per heavy atom. The molecule has 0 saturated carbocycles. The van der Waals surface area contributed by atoms with E-state index in [0.717, 1.165) is 29.7 Å². The van der Waals surface area contributed by atoms with Gasteiger partial charge in [0.2, 0.25) is 5.96 Å². The highest BCUT2D eigenvalue weighted by Crippen LogP contribution is 2.17. The first-order valence-electron chi connectivity index (χ1n) is 6.73. The molecule has 5 nitrogen and oxygen atoms in total. The lowest BCUT2D eigenvalue weighted by atomic mass is 10.0. The molecule has 20 heavy (non-hydrogen) atoms. The van der Waals surface area contributed by atoms with Gasteiger partial charge in [0.15, 0.2) is 5.96 Å². The Kier molecular flexibility index (Phi) is 5.00. The molecule has 1 aromatic rings. The normalized spacial score (nSPS) is 21.1. The molecule has 0 spiro atoms. The second kappa shape index (κ2) is 6.74. The number of piperidine rings is 1. The van der Waals surface area contributed by atoms with E-state index >= 15 is 0 Å². The number of hydrogen-bond donors (Lipinski definition) is 2. The lowest BCUT2D eigenvalue weighted by Gasteiger charge is -2.31. The summed E-state index contributed by atoms with van der Waals surface area (Å²) >= 11 is 3.38. The number of guanidine groups is 2. The second-order valence-electron chi connectivity index (χ2n) is 5.11. The zero-order chi connectivity index (χ0) is 14.5. The average Bonchev–Trinajstić information content (AvgIpc) is 2.41. The van der Waals surface area contributed by atoms with Gasteiger partial charge in [0, 0.05) is 17.6 Å². The summed E-state index contributed by atoms with van der Waals surface area (Å²) in [4.78, 5) is 10.5. The van der Waals surface area contributed by atoms with Gasteiger partial charge in [-0.05, 0) is 43.0 Å². The van der Waals surface area contributed by atoms with Gasteiger partial charge in [-0.2, -0.15) is 4.99 Å². The fraction of sp³-hybridized carbons (Fsp3) is 0.429. The molecule has 4 N–H and O–H groups in total. The van der Waals surface area contributed by atoms with Crippen LogP contribution >= 0.6 is 15.9 Å². The molecule has 0 radical (unpaired) electrons. The Balaban J connectivity index is 2.06. The highest BCUT2D eigenvalue weighted by atomic mass is 79.9. The molecule has 108 valence electrons. The summed E-state index contributed by atoms with van der Waals surface area (Å²) in [5.41, 5.74) is 12.6. The highest BCUT2D eigenvalue weighted by Gasteiger charge is 2.17. The van der Waals surface area contributed by atoms with Gasteiger partial charge in [-0.1, -0.05) is 22.9 Å². The maximum atomic E-state index is 6.00. The summed E-state index contributed by atoms with van der Waals surface area (Å²) in [6.07, 6.45) is 2.38. The van der Waals surface area contributed by atoms with Crippen LogP contribution in [0.3, 0.4) is 0 Å². The van der Waals surface area contributed by atoms with E-state index in [1.165, 1.54) is 6.42 Å². The monoisotopic (exact) mass is 337 g/mol. The number of nitrogens with zero attached hydrogens (tertiary/aromatic N) is 3. The first kappa shape index (κ1) is 14.8. The molecule has 1 heterocycles. The van der Waals surface area contributed by atoms with E-state index in [4.69, 9.17) is 11.5 Å². The molecule has 2 rings (SSSR count). The van der Waals surface area contributed by atoms with Crippen molar-refractivity contribution < 1.29 is 0 Å². The summed E-state index contributed by atoms with van der Waals surface area (Å²) in [5, 5.41) is 0. The number of rotatable bonds is 1. The van der Waals surface area contributed by atoms with Gasteiger partial charge in [-0.25, -0.2) is 4.99 Å². The molecule has 1 fully saturated rings. The van der Waals surface area contributed by atoms with Crippen molar-refractivity contribution in [3.8, 4) is 0 Å². The first-order chi connectivity index (χ1) is 9.54. The van der Waals surface area contributed by atoms with E-state index in [1.54, 1.807) is 0 Å². The van der Waals surface area contributed by atoms with Gasteiger partial charge >= 0.3 is 0 Å². The van der Waals surface area contributed by atoms with Gasteiger partial charge in [-0.15, -0.1) is 0 Å². The van der Waals surface area contributed by atoms with E-state index in [0.29, 0.717) is 11.9 Å². The molecule has 0 aromatic heterocycles. The van der Waals surface area contributed by atoms with Crippen LogP contribution in [-0.2, 0) is 0 Å². The van der Waals surface area contributed by atoms with Gasteiger partial charge in [0.05, 0.1) is 5.69 Å². The number of benzene rings is 1. The summed E-state index contributed by atoms with van der Waals surface area (Å²) in [6.45, 7) is 4.09. The molecule has 1 aliphatic heterocycles. The highest BCUT2D eigenvalue weighted by molar-refractivity contribution is 9.10. The Morgan fingerprint density at radius 3 is 2.65 bits per heavy atom. The zero-order valence-corrected chi connectivity index (χ0v) is 13.2. The second-order valence-corrected chi connectivity index (χ2v) is 6.03. The third-order valence-electron chi connectivity index (χ3n) is 3.28. The van der Waals surface area contributed by atoms with Crippen LogP contribution in [0, 0.1) is 5.92 Å². The topological polar surface area (TPSA) is 80.0 Å². The van der Waals surface area contributed by atoms with Gasteiger partial charge in [0.25, 0.3) is 0 Å². The Bertz CT molecular complexity index is 509. The average molecular weight is 338 g/mol. The van der Waals surface area contributed by atoms with Crippen LogP contribution in [0.25, 0.3) is 0 Å². The Hall–Kier alpha value is -1.56. The number of nitrogens with two attached hydrogens (primary N) is 2. The molecule has 1 saturated heterocycles. The minimum atomic E-state index is 0.183. The lowest BCUT2D eigenvalue weighted by molar-refractivity contribution is 0.271. The van der Waals surface area contributed by atoms with Crippen LogP contribution in [-0.4, -0.2) is 29.9 Å². The van der Waals surface area contributed by atoms with Gasteiger partial charge in [-0.3, -0.25) is 0 Å². The van der Waals surface area contributed by atoms with Crippen molar-refractivity contribution in [3.05, 3.63) is 28.7 Å². The van der Waals surface area contributed by atoms with Crippen molar-refractivity contribution in [1.29, 1.82) is 0 Å². The van der Waals surface area contributed by atoms with Crippen molar-refractivity contribution in [1.82, 2.24) is 4.90 Å². The quantitative estimate of drug-likeness (QED) is 0.610. The van der Waals surface area contributed by atoms with Crippen LogP contribution in [0.2, 0.25) is 0 Å². The van der Waals surface area contributed by atoms with E-state index < -0.39 is 0 Å². The SMILES string of the molecule is CC1CCCN(/C(N)=N/C(N)=Nc2ccc(Br)cc2)C1. The van der Waals surface area contributed by atoms with E-state index in [-0.39, 0.29) is 5.96 Å². The number of hydrogen-bond acceptors (Lipinski definition) is 1. The third kappa shape index (κ3) is 4.23. The summed E-state index contributed by atoms with van der Waals surface area (Å²) < 4.78 is 1.00. The lowest BCUT2D eigenvalue weighted by Crippen LogP contribution is -2.44. The maximum absolute atomic E-state index is 6.00. The van der Waals surface area contributed by atoms with Crippen LogP contribution in [0.5, 0.6) is 0 Å². The Labute approximate surface area is 127 Å². The Morgan fingerprint density at radius 1 is 1.30 bits per heavy atom. The minimum absolute atomic E-state index is 0.183. The van der Waals surface area contributed by atoms with E-state index in [9.17, 15) is 0 Å². The molecule has 0 aliphatic carbocycles. The van der Waals surface area contributed by atoms with Crippen molar-refractivity contribution in [2.75, 3.05) is 13.1 Å². The van der Waals surface area contributed by atoms with Crippen molar-refractivity contribution in [2.24, 2.45) is 27.4 Å². The van der Waals surface area contributed by atoms with Gasteiger partial charge in [0.1, 0.15) is 0 Å². The molecular weight excluding hydrogens is 318 g/mol. The molecule has 6 heteroatoms. The predicted molar refractivity (Wildman–Crippen MR) is 87.0 cm³/mol. The number of halogens is 1. The van der Waals surface area contributed by atoms with Crippen molar-refractivity contribution in [2.45, 2.75) is 19.8 Å². The molecule has 0 bridgehead atoms. The zero-order valence-electron chi connectivity index (χ0n) is 11.6. The molecule has 0 amide bonds. The smallest absolute Gasteiger partial charge is 0.223 e. The fourth-order valence-corrected chi connectivity index (χ4v) is 2.52. The maximum Gasteiger partial charge on any atom is 0.223 e. The summed E-state index contributed by atoms with van der Waals surface area (Å²) in [7, 11) is 0. The van der Waals surface area contributed by atoms with Crippen LogP contribution in [0.15, 0.2) is 38.7 Å². The molecule has 1 atom stereocenters. The molecule has 1 aliphatic rings. The molecular formula is C14H20BrN5. The molecule has 1 unspecified atom stereocenters. The largest absolute Gasteiger partial charge is 0.369 e. The van der Waals surface area contributed by atoms with Crippen LogP contribution in [0.1, 0.15) is 19.8 Å². The van der Waals surface area contributed by atoms with Crippen LogP contribution in [0.4, 0.5) is 5.69 Å². The molecule has 1 aromatic carbocycles. The van der Waals surface area contributed by atoms with E-state index in [2.05, 4.69) is 37.7 Å². The summed E-state index contributed by atoms with van der Waals surface area (Å²) in [5.74, 6) is 1.28. The number of aliphatic imine (C=N–C) groups is 2. The van der Waals surface area contributed by atoms with Gasteiger partial charge < -0.3 is 16.4 Å². The third-order valence-corrected chi connectivity index (χ3v) is 3.81. The predicted octanol–water partition coefficient (Wildman–Crippen LogP) is 2.44. The summed E-state index contributed by atoms with van der Waals surface area (Å²) in [6, 6.07) is 7.55. The van der Waals surface area contributed by atoms with E-state index in [1.807, 2.05) is 24.3 Å². The number of likely N-dealkylation sites (tertiary alicyclic amines) is 1. The fourth-order valence-electron chi connectivity index (χ4n) is 2.26. The first-order valence-corrected chi connectivity index (χ1v) is 7.53.